The summed E-state index contributed by atoms with van der Waals surface area (Å²) >= 11 is 1.22. The third-order valence-electron chi connectivity index (χ3n) is 5.98. The Bertz CT molecular complexity index is 927. The number of ether oxygens (including phenoxy) is 1. The van der Waals surface area contributed by atoms with Gasteiger partial charge in [-0.3, -0.25) is 9.59 Å². The van der Waals surface area contributed by atoms with Crippen molar-refractivity contribution in [1.29, 1.82) is 0 Å². The fourth-order valence-electron chi connectivity index (χ4n) is 4.31. The normalized spacial score (nSPS) is 15.2. The van der Waals surface area contributed by atoms with E-state index in [9.17, 15) is 9.59 Å². The maximum Gasteiger partial charge on any atom is 0.293 e. The number of carbonyl (C=O) groups is 2. The van der Waals surface area contributed by atoms with Gasteiger partial charge in [0.15, 0.2) is 0 Å². The summed E-state index contributed by atoms with van der Waals surface area (Å²) in [7, 11) is 1.58. The zero-order valence-electron chi connectivity index (χ0n) is 20.0. The van der Waals surface area contributed by atoms with Gasteiger partial charge >= 0.3 is 0 Å². The minimum absolute atomic E-state index is 0.0499. The van der Waals surface area contributed by atoms with E-state index in [-0.39, 0.29) is 11.8 Å². The molecule has 0 radical (unpaired) electrons. The van der Waals surface area contributed by atoms with Crippen molar-refractivity contribution in [2.75, 3.05) is 30.4 Å². The van der Waals surface area contributed by atoms with Gasteiger partial charge in [0.1, 0.15) is 0 Å². The molecule has 1 unspecified atom stereocenters. The predicted octanol–water partition coefficient (Wildman–Crippen LogP) is 4.71. The van der Waals surface area contributed by atoms with Gasteiger partial charge in [-0.25, -0.2) is 0 Å². The van der Waals surface area contributed by atoms with Crippen LogP contribution in [0.3, 0.4) is 0 Å². The van der Waals surface area contributed by atoms with Gasteiger partial charge in [-0.2, -0.15) is 0 Å². The first-order valence-corrected chi connectivity index (χ1v) is 12.5. The first kappa shape index (κ1) is 25.0. The summed E-state index contributed by atoms with van der Waals surface area (Å²) in [6.07, 6.45) is 6.20. The molecule has 0 saturated heterocycles. The van der Waals surface area contributed by atoms with E-state index in [2.05, 4.69) is 57.8 Å². The molecule has 3 rings (SSSR count). The Morgan fingerprint density at radius 2 is 2.00 bits per heavy atom. The van der Waals surface area contributed by atoms with Crippen molar-refractivity contribution in [1.82, 2.24) is 15.5 Å². The molecule has 1 fully saturated rings. The number of amides is 1. The van der Waals surface area contributed by atoms with E-state index in [1.165, 1.54) is 43.4 Å². The number of rotatable bonds is 11. The number of hydrogen-bond acceptors (Lipinski definition) is 8. The van der Waals surface area contributed by atoms with Crippen LogP contribution in [0.5, 0.6) is 0 Å². The van der Waals surface area contributed by atoms with Gasteiger partial charge in [0, 0.05) is 25.6 Å². The van der Waals surface area contributed by atoms with Gasteiger partial charge in [-0.05, 0) is 36.5 Å². The molecule has 0 bridgehead atoms. The Balaban J connectivity index is 1.98. The van der Waals surface area contributed by atoms with Gasteiger partial charge in [0.05, 0.1) is 18.0 Å². The fraction of sp³-hybridized carbons (Fsp3) is 0.583. The van der Waals surface area contributed by atoms with Crippen LogP contribution in [0.4, 0.5) is 16.5 Å². The molecule has 1 amide bonds. The monoisotopic (exact) mass is 473 g/mol. The number of aromatic nitrogens is 2. The van der Waals surface area contributed by atoms with E-state index < -0.39 is 0 Å². The number of nitrogens with zero attached hydrogens (tertiary/aromatic N) is 3. The van der Waals surface area contributed by atoms with Crippen molar-refractivity contribution in [2.45, 2.75) is 64.8 Å². The van der Waals surface area contributed by atoms with Crippen molar-refractivity contribution in [3.63, 3.8) is 0 Å². The zero-order valence-corrected chi connectivity index (χ0v) is 20.8. The van der Waals surface area contributed by atoms with Crippen molar-refractivity contribution >= 4 is 40.2 Å². The molecule has 1 aromatic heterocycles. The highest BCUT2D eigenvalue weighted by Crippen LogP contribution is 2.37. The van der Waals surface area contributed by atoms with Crippen molar-refractivity contribution < 1.29 is 14.3 Å². The largest absolute Gasteiger partial charge is 0.467 e. The third kappa shape index (κ3) is 6.66. The quantitative estimate of drug-likeness (QED) is 0.456. The van der Waals surface area contributed by atoms with Crippen LogP contribution >= 0.6 is 11.3 Å². The molecule has 1 atom stereocenters. The van der Waals surface area contributed by atoms with E-state index in [0.29, 0.717) is 35.2 Å². The van der Waals surface area contributed by atoms with E-state index >= 15 is 0 Å². The van der Waals surface area contributed by atoms with Gasteiger partial charge in [0.25, 0.3) is 12.4 Å². The molecule has 33 heavy (non-hydrogen) atoms. The molecule has 180 valence electrons. The molecule has 1 heterocycles. The van der Waals surface area contributed by atoms with Crippen LogP contribution in [0.2, 0.25) is 0 Å². The number of nitrogens with one attached hydrogen (secondary N) is 2. The lowest BCUT2D eigenvalue weighted by atomic mass is 9.92. The maximum atomic E-state index is 11.9. The number of carbonyl (C=O) groups excluding carboxylic acids is 2. The topological polar surface area (TPSA) is 96.5 Å². The maximum absolute atomic E-state index is 11.9. The number of benzene rings is 1. The molecule has 1 aliphatic rings. The minimum Gasteiger partial charge on any atom is -0.467 e. The van der Waals surface area contributed by atoms with Crippen LogP contribution < -0.4 is 15.5 Å². The molecule has 0 aliphatic heterocycles. The van der Waals surface area contributed by atoms with E-state index in [1.807, 2.05) is 6.92 Å². The lowest BCUT2D eigenvalue weighted by molar-refractivity contribution is -0.129. The molecule has 1 aromatic carbocycles. The van der Waals surface area contributed by atoms with Crippen LogP contribution in [0, 0.1) is 5.92 Å². The third-order valence-corrected chi connectivity index (χ3v) is 6.82. The summed E-state index contributed by atoms with van der Waals surface area (Å²) in [5.74, 6) is 0.312. The Hall–Kier alpha value is -2.68. The molecular formula is C24H35N5O3S. The molecular weight excluding hydrogens is 438 g/mol. The Morgan fingerprint density at radius 1 is 1.24 bits per heavy atom. The van der Waals surface area contributed by atoms with Crippen LogP contribution in [-0.4, -0.2) is 48.8 Å². The molecule has 2 N–H and O–H groups in total. The predicted molar refractivity (Wildman–Crippen MR) is 133 cm³/mol. The SMILES string of the molecule is CNC(=O)c1nnc(Nc2cc(C(C)COC=O)ccc2N(CC(C)C)C2CCCCC2)s1. The molecule has 1 aliphatic carbocycles. The second-order valence-corrected chi connectivity index (χ2v) is 10.0. The molecule has 2 aromatic rings. The van der Waals surface area contributed by atoms with Gasteiger partial charge in [-0.15, -0.1) is 10.2 Å². The minimum atomic E-state index is -0.252. The summed E-state index contributed by atoms with van der Waals surface area (Å²) in [6.45, 7) is 8.29. The number of anilines is 3. The molecule has 0 spiro atoms. The van der Waals surface area contributed by atoms with Crippen molar-refractivity contribution in [3.05, 3.63) is 28.8 Å². The van der Waals surface area contributed by atoms with Crippen molar-refractivity contribution in [3.8, 4) is 0 Å². The van der Waals surface area contributed by atoms with E-state index in [0.717, 1.165) is 23.5 Å². The van der Waals surface area contributed by atoms with E-state index in [1.54, 1.807) is 7.05 Å². The smallest absolute Gasteiger partial charge is 0.293 e. The van der Waals surface area contributed by atoms with Crippen LogP contribution in [-0.2, 0) is 9.53 Å². The molecule has 9 heteroatoms. The number of hydrogen-bond donors (Lipinski definition) is 2. The summed E-state index contributed by atoms with van der Waals surface area (Å²) in [4.78, 5) is 25.1. The first-order valence-electron chi connectivity index (χ1n) is 11.7. The fourth-order valence-corrected chi connectivity index (χ4v) is 5.01. The van der Waals surface area contributed by atoms with Gasteiger partial charge in [-0.1, -0.05) is 57.4 Å². The van der Waals surface area contributed by atoms with Gasteiger partial charge in [0.2, 0.25) is 10.1 Å². The highest BCUT2D eigenvalue weighted by molar-refractivity contribution is 7.17. The molecule has 8 nitrogen and oxygen atoms in total. The second-order valence-electron chi connectivity index (χ2n) is 9.06. The van der Waals surface area contributed by atoms with Crippen molar-refractivity contribution in [2.24, 2.45) is 5.92 Å². The summed E-state index contributed by atoms with van der Waals surface area (Å²) in [5, 5.41) is 15.1. The molecule has 1 saturated carbocycles. The Morgan fingerprint density at radius 3 is 2.67 bits per heavy atom. The Labute approximate surface area is 200 Å². The highest BCUT2D eigenvalue weighted by Gasteiger charge is 2.25. The van der Waals surface area contributed by atoms with Crippen LogP contribution in [0.1, 0.15) is 74.2 Å². The zero-order chi connectivity index (χ0) is 23.8. The second kappa shape index (κ2) is 12.0. The average Bonchev–Trinajstić information content (AvgIpc) is 3.29. The average molecular weight is 474 g/mol. The van der Waals surface area contributed by atoms with Gasteiger partial charge < -0.3 is 20.3 Å². The van der Waals surface area contributed by atoms with Crippen LogP contribution in [0.25, 0.3) is 0 Å². The lowest BCUT2D eigenvalue weighted by Gasteiger charge is -2.38. The Kier molecular flexibility index (Phi) is 9.05. The lowest BCUT2D eigenvalue weighted by Crippen LogP contribution is -2.39. The standard InChI is InChI=1S/C24H35N5O3S/c1-16(2)13-29(19-8-6-5-7-9-19)21-11-10-18(17(3)14-32-15-30)12-20(21)26-24-28-27-23(33-24)22(31)25-4/h10-12,15-17,19H,5-9,13-14H2,1-4H3,(H,25,31)(H,26,28). The summed E-state index contributed by atoms with van der Waals surface area (Å²) in [5.41, 5.74) is 3.11. The van der Waals surface area contributed by atoms with Crippen LogP contribution in [0.15, 0.2) is 18.2 Å². The first-order chi connectivity index (χ1) is 15.9. The summed E-state index contributed by atoms with van der Waals surface area (Å²) in [6, 6.07) is 6.88. The van der Waals surface area contributed by atoms with E-state index in [4.69, 9.17) is 4.74 Å². The summed E-state index contributed by atoms with van der Waals surface area (Å²) < 4.78 is 5.00. The highest BCUT2D eigenvalue weighted by atomic mass is 32.1.